The minimum Gasteiger partial charge on any atom is -0.485 e. The first-order valence-electron chi connectivity index (χ1n) is 7.07. The van der Waals surface area contributed by atoms with Crippen molar-refractivity contribution < 1.29 is 9.53 Å². The van der Waals surface area contributed by atoms with Crippen molar-refractivity contribution in [1.29, 1.82) is 0 Å². The summed E-state index contributed by atoms with van der Waals surface area (Å²) >= 11 is 0. The van der Waals surface area contributed by atoms with Crippen molar-refractivity contribution >= 4 is 11.6 Å². The minimum absolute atomic E-state index is 0.114. The second-order valence-corrected chi connectivity index (χ2v) is 5.22. The van der Waals surface area contributed by atoms with Crippen LogP contribution in [0.1, 0.15) is 13.3 Å². The van der Waals surface area contributed by atoms with Gasteiger partial charge in [-0.1, -0.05) is 12.1 Å². The number of anilines is 1. The first kappa shape index (κ1) is 14.7. The van der Waals surface area contributed by atoms with E-state index in [1.54, 1.807) is 0 Å². The van der Waals surface area contributed by atoms with Crippen LogP contribution in [-0.4, -0.2) is 50.1 Å². The van der Waals surface area contributed by atoms with Gasteiger partial charge in [-0.2, -0.15) is 0 Å². The molecule has 0 saturated heterocycles. The third kappa shape index (κ3) is 3.63. The standard InChI is InChI=1S/C15H23N3O2/c1-3-18-11-12(10-17(2)9-8-15(16)19)20-14-7-5-4-6-13(14)18/h4-7,12H,3,8-11H2,1-2H3,(H2,16,19)/t12-/m1/s1. The van der Waals surface area contributed by atoms with Gasteiger partial charge in [-0.25, -0.2) is 0 Å². The molecule has 1 aliphatic rings. The predicted octanol–water partition coefficient (Wildman–Crippen LogP) is 1.08. The Hall–Kier alpha value is -1.75. The van der Waals surface area contributed by atoms with Crippen LogP contribution >= 0.6 is 0 Å². The molecule has 0 saturated carbocycles. The van der Waals surface area contributed by atoms with Gasteiger partial charge in [-0.3, -0.25) is 4.79 Å². The number of nitrogens with zero attached hydrogens (tertiary/aromatic N) is 2. The van der Waals surface area contributed by atoms with E-state index >= 15 is 0 Å². The van der Waals surface area contributed by atoms with E-state index in [0.717, 1.165) is 31.1 Å². The van der Waals surface area contributed by atoms with Crippen LogP contribution in [-0.2, 0) is 4.79 Å². The Labute approximate surface area is 120 Å². The van der Waals surface area contributed by atoms with Crippen LogP contribution in [0.3, 0.4) is 0 Å². The number of nitrogens with two attached hydrogens (primary N) is 1. The largest absolute Gasteiger partial charge is 0.485 e. The average molecular weight is 277 g/mol. The maximum atomic E-state index is 10.8. The molecular formula is C15H23N3O2. The number of rotatable bonds is 6. The molecular weight excluding hydrogens is 254 g/mol. The molecule has 0 fully saturated rings. The highest BCUT2D eigenvalue weighted by molar-refractivity contribution is 5.73. The molecule has 1 aliphatic heterocycles. The summed E-state index contributed by atoms with van der Waals surface area (Å²) in [5.41, 5.74) is 6.33. The van der Waals surface area contributed by atoms with E-state index in [1.165, 1.54) is 0 Å². The molecule has 0 aliphatic carbocycles. The second kappa shape index (κ2) is 6.61. The fourth-order valence-electron chi connectivity index (χ4n) is 2.51. The molecule has 0 radical (unpaired) electrons. The van der Waals surface area contributed by atoms with Crippen LogP contribution in [0.15, 0.2) is 24.3 Å². The van der Waals surface area contributed by atoms with E-state index in [9.17, 15) is 4.79 Å². The van der Waals surface area contributed by atoms with E-state index in [0.29, 0.717) is 13.0 Å². The highest BCUT2D eigenvalue weighted by atomic mass is 16.5. The SMILES string of the molecule is CCN1C[C@@H](CN(C)CCC(N)=O)Oc2ccccc21. The summed E-state index contributed by atoms with van der Waals surface area (Å²) in [4.78, 5) is 15.2. The third-order valence-electron chi connectivity index (χ3n) is 3.56. The molecule has 2 rings (SSSR count). The Balaban J connectivity index is 1.96. The lowest BCUT2D eigenvalue weighted by molar-refractivity contribution is -0.118. The van der Waals surface area contributed by atoms with E-state index in [4.69, 9.17) is 10.5 Å². The van der Waals surface area contributed by atoms with Gasteiger partial charge in [0.05, 0.1) is 12.2 Å². The molecule has 20 heavy (non-hydrogen) atoms. The van der Waals surface area contributed by atoms with Gasteiger partial charge in [-0.05, 0) is 26.1 Å². The van der Waals surface area contributed by atoms with Crippen LogP contribution in [0.25, 0.3) is 0 Å². The summed E-state index contributed by atoms with van der Waals surface area (Å²) in [6.07, 6.45) is 0.500. The van der Waals surface area contributed by atoms with Gasteiger partial charge in [0.15, 0.2) is 0 Å². The molecule has 0 bridgehead atoms. The Morgan fingerprint density at radius 1 is 1.50 bits per heavy atom. The van der Waals surface area contributed by atoms with Crippen LogP contribution in [0, 0.1) is 0 Å². The maximum Gasteiger partial charge on any atom is 0.218 e. The number of carbonyl (C=O) groups is 1. The molecule has 1 atom stereocenters. The van der Waals surface area contributed by atoms with Crippen molar-refractivity contribution in [1.82, 2.24) is 4.90 Å². The zero-order chi connectivity index (χ0) is 14.5. The van der Waals surface area contributed by atoms with Gasteiger partial charge in [0.25, 0.3) is 0 Å². The van der Waals surface area contributed by atoms with Crippen molar-refractivity contribution in [2.24, 2.45) is 5.73 Å². The fourth-order valence-corrected chi connectivity index (χ4v) is 2.51. The predicted molar refractivity (Wildman–Crippen MR) is 80.1 cm³/mol. The molecule has 0 aromatic heterocycles. The molecule has 5 nitrogen and oxygen atoms in total. The molecule has 0 spiro atoms. The van der Waals surface area contributed by atoms with Crippen LogP contribution in [0.2, 0.25) is 0 Å². The summed E-state index contributed by atoms with van der Waals surface area (Å²) in [7, 11) is 1.99. The molecule has 0 unspecified atom stereocenters. The maximum absolute atomic E-state index is 10.8. The lowest BCUT2D eigenvalue weighted by Crippen LogP contribution is -2.46. The third-order valence-corrected chi connectivity index (χ3v) is 3.56. The number of ether oxygens (including phenoxy) is 1. The van der Waals surface area contributed by atoms with Gasteiger partial charge < -0.3 is 20.3 Å². The minimum atomic E-state index is -0.262. The molecule has 5 heteroatoms. The number of hydrogen-bond acceptors (Lipinski definition) is 4. The number of benzene rings is 1. The quantitative estimate of drug-likeness (QED) is 0.845. The van der Waals surface area contributed by atoms with E-state index < -0.39 is 0 Å². The number of hydrogen-bond donors (Lipinski definition) is 1. The number of carbonyl (C=O) groups excluding carboxylic acids is 1. The number of fused-ring (bicyclic) bond motifs is 1. The van der Waals surface area contributed by atoms with Crippen LogP contribution in [0.5, 0.6) is 5.75 Å². The monoisotopic (exact) mass is 277 g/mol. The van der Waals surface area contributed by atoms with E-state index in [1.807, 2.05) is 25.2 Å². The van der Waals surface area contributed by atoms with Crippen molar-refractivity contribution in [3.05, 3.63) is 24.3 Å². The highest BCUT2D eigenvalue weighted by Crippen LogP contribution is 2.32. The topological polar surface area (TPSA) is 58.8 Å². The summed E-state index contributed by atoms with van der Waals surface area (Å²) < 4.78 is 6.04. The Bertz CT molecular complexity index is 464. The van der Waals surface area contributed by atoms with Gasteiger partial charge in [0.1, 0.15) is 11.9 Å². The Morgan fingerprint density at radius 3 is 2.95 bits per heavy atom. The summed E-state index contributed by atoms with van der Waals surface area (Å²) in [6.45, 7) is 5.44. The lowest BCUT2D eigenvalue weighted by atomic mass is 10.2. The zero-order valence-corrected chi connectivity index (χ0v) is 12.2. The summed E-state index contributed by atoms with van der Waals surface area (Å²) in [6, 6.07) is 8.12. The molecule has 2 N–H and O–H groups in total. The van der Waals surface area contributed by atoms with Crippen LogP contribution < -0.4 is 15.4 Å². The van der Waals surface area contributed by atoms with Crippen LogP contribution in [0.4, 0.5) is 5.69 Å². The smallest absolute Gasteiger partial charge is 0.218 e. The zero-order valence-electron chi connectivity index (χ0n) is 12.2. The molecule has 1 heterocycles. The number of amides is 1. The molecule has 1 aromatic rings. The molecule has 1 aromatic carbocycles. The van der Waals surface area contributed by atoms with E-state index in [-0.39, 0.29) is 12.0 Å². The van der Waals surface area contributed by atoms with Crippen molar-refractivity contribution in [3.8, 4) is 5.75 Å². The number of likely N-dealkylation sites (N-methyl/N-ethyl adjacent to an activating group) is 2. The van der Waals surface area contributed by atoms with Crippen molar-refractivity contribution in [2.75, 3.05) is 38.1 Å². The van der Waals surface area contributed by atoms with Gasteiger partial charge >= 0.3 is 0 Å². The van der Waals surface area contributed by atoms with Crippen molar-refractivity contribution in [3.63, 3.8) is 0 Å². The average Bonchev–Trinajstić information content (AvgIpc) is 2.44. The summed E-state index contributed by atoms with van der Waals surface area (Å²) in [5.74, 6) is 0.677. The highest BCUT2D eigenvalue weighted by Gasteiger charge is 2.25. The van der Waals surface area contributed by atoms with Gasteiger partial charge in [-0.15, -0.1) is 0 Å². The second-order valence-electron chi connectivity index (χ2n) is 5.22. The fraction of sp³-hybridized carbons (Fsp3) is 0.533. The van der Waals surface area contributed by atoms with Gasteiger partial charge in [0, 0.05) is 26.1 Å². The Kier molecular flexibility index (Phi) is 4.84. The van der Waals surface area contributed by atoms with Crippen molar-refractivity contribution in [2.45, 2.75) is 19.4 Å². The first-order valence-corrected chi connectivity index (χ1v) is 7.07. The first-order chi connectivity index (χ1) is 9.60. The number of para-hydroxylation sites is 2. The number of primary amides is 1. The Morgan fingerprint density at radius 2 is 2.25 bits per heavy atom. The normalized spacial score (nSPS) is 17.8. The molecule has 110 valence electrons. The molecule has 1 amide bonds. The lowest BCUT2D eigenvalue weighted by Gasteiger charge is -2.37. The summed E-state index contributed by atoms with van der Waals surface area (Å²) in [5, 5.41) is 0. The van der Waals surface area contributed by atoms with E-state index in [2.05, 4.69) is 22.8 Å². The van der Waals surface area contributed by atoms with Gasteiger partial charge in [0.2, 0.25) is 5.91 Å².